The summed E-state index contributed by atoms with van der Waals surface area (Å²) in [6.45, 7) is 3.53. The van der Waals surface area contributed by atoms with Gasteiger partial charge in [-0.25, -0.2) is 19.3 Å². The van der Waals surface area contributed by atoms with Crippen LogP contribution in [-0.4, -0.2) is 34.6 Å². The Kier molecular flexibility index (Phi) is 4.76. The first-order chi connectivity index (χ1) is 14.3. The van der Waals surface area contributed by atoms with Crippen LogP contribution in [0.25, 0.3) is 22.2 Å². The van der Waals surface area contributed by atoms with E-state index >= 15 is 0 Å². The van der Waals surface area contributed by atoms with Crippen molar-refractivity contribution in [2.45, 2.75) is 26.4 Å². The van der Waals surface area contributed by atoms with Crippen molar-refractivity contribution in [1.82, 2.24) is 34.0 Å². The standard InChI is InChI=1S/C20H23N7O3/c1-11(2)15(17-22-12-7-5-6-8-13(12)23-17)24-14(28)9-27-19(29)16-18(21-10-25(16)3)26(4)20(27)30/h5-8,10-11,15H,9H2,1-4H3,(H,22,23)(H,24,28). The highest BCUT2D eigenvalue weighted by atomic mass is 16.2. The quantitative estimate of drug-likeness (QED) is 0.506. The minimum absolute atomic E-state index is 0.0358. The van der Waals surface area contributed by atoms with Crippen LogP contribution < -0.4 is 16.6 Å². The van der Waals surface area contributed by atoms with Crippen LogP contribution in [0.5, 0.6) is 0 Å². The van der Waals surface area contributed by atoms with Crippen molar-refractivity contribution in [3.8, 4) is 0 Å². The number of nitrogens with one attached hydrogen (secondary N) is 2. The molecular weight excluding hydrogens is 386 g/mol. The van der Waals surface area contributed by atoms with Crippen molar-refractivity contribution in [2.75, 3.05) is 0 Å². The molecule has 0 bridgehead atoms. The first kappa shape index (κ1) is 19.6. The number of hydrogen-bond donors (Lipinski definition) is 2. The molecular formula is C20H23N7O3. The van der Waals surface area contributed by atoms with Gasteiger partial charge in [0.15, 0.2) is 11.2 Å². The second-order valence-electron chi connectivity index (χ2n) is 7.69. The van der Waals surface area contributed by atoms with Crippen molar-refractivity contribution in [1.29, 1.82) is 0 Å². The number of amides is 1. The summed E-state index contributed by atoms with van der Waals surface area (Å²) < 4.78 is 3.73. The normalized spacial score (nSPS) is 12.7. The maximum absolute atomic E-state index is 12.8. The summed E-state index contributed by atoms with van der Waals surface area (Å²) in [4.78, 5) is 50.2. The van der Waals surface area contributed by atoms with Crippen molar-refractivity contribution >= 4 is 28.1 Å². The van der Waals surface area contributed by atoms with Crippen molar-refractivity contribution in [3.05, 3.63) is 57.3 Å². The number of rotatable bonds is 5. The summed E-state index contributed by atoms with van der Waals surface area (Å²) in [5.74, 6) is 0.213. The highest BCUT2D eigenvalue weighted by molar-refractivity contribution is 5.78. The molecule has 2 N–H and O–H groups in total. The monoisotopic (exact) mass is 409 g/mol. The number of carbonyl (C=O) groups is 1. The maximum atomic E-state index is 12.8. The van der Waals surface area contributed by atoms with Gasteiger partial charge < -0.3 is 14.9 Å². The molecule has 0 aliphatic carbocycles. The van der Waals surface area contributed by atoms with E-state index in [1.807, 2.05) is 38.1 Å². The Bertz CT molecular complexity index is 1340. The molecule has 30 heavy (non-hydrogen) atoms. The summed E-state index contributed by atoms with van der Waals surface area (Å²) in [7, 11) is 3.19. The Morgan fingerprint density at radius 2 is 1.93 bits per heavy atom. The Labute approximate surface area is 171 Å². The summed E-state index contributed by atoms with van der Waals surface area (Å²) in [5, 5.41) is 2.91. The summed E-state index contributed by atoms with van der Waals surface area (Å²) in [6.07, 6.45) is 1.46. The molecule has 1 amide bonds. The third kappa shape index (κ3) is 3.19. The lowest BCUT2D eigenvalue weighted by Crippen LogP contribution is -2.44. The largest absolute Gasteiger partial charge is 0.344 e. The molecule has 3 heterocycles. The number of aromatic amines is 1. The number of nitrogens with zero attached hydrogens (tertiary/aromatic N) is 5. The number of H-pyrrole nitrogens is 1. The Balaban J connectivity index is 1.66. The fraction of sp³-hybridized carbons (Fsp3) is 0.350. The molecule has 0 saturated carbocycles. The molecule has 4 rings (SSSR count). The second kappa shape index (κ2) is 7.29. The smallest absolute Gasteiger partial charge is 0.332 e. The fourth-order valence-electron chi connectivity index (χ4n) is 3.57. The van der Waals surface area contributed by atoms with E-state index in [4.69, 9.17) is 0 Å². The number of hydrogen-bond acceptors (Lipinski definition) is 5. The fourth-order valence-corrected chi connectivity index (χ4v) is 3.57. The van der Waals surface area contributed by atoms with E-state index in [9.17, 15) is 14.4 Å². The summed E-state index contributed by atoms with van der Waals surface area (Å²) in [6, 6.07) is 7.21. The molecule has 0 aliphatic rings. The molecule has 0 saturated heterocycles. The second-order valence-corrected chi connectivity index (χ2v) is 7.69. The molecule has 1 aromatic carbocycles. The third-order valence-corrected chi connectivity index (χ3v) is 5.19. The van der Waals surface area contributed by atoms with Crippen LogP contribution in [0.1, 0.15) is 25.7 Å². The Hall–Kier alpha value is -3.69. The lowest BCUT2D eigenvalue weighted by molar-refractivity contribution is -0.122. The van der Waals surface area contributed by atoms with Gasteiger partial charge in [0, 0.05) is 14.1 Å². The van der Waals surface area contributed by atoms with Crippen molar-refractivity contribution < 1.29 is 4.79 Å². The first-order valence-corrected chi connectivity index (χ1v) is 9.62. The highest BCUT2D eigenvalue weighted by Gasteiger charge is 2.23. The summed E-state index contributed by atoms with van der Waals surface area (Å²) in [5.41, 5.74) is 1.09. The van der Waals surface area contributed by atoms with E-state index in [2.05, 4.69) is 20.3 Å². The van der Waals surface area contributed by atoms with Gasteiger partial charge in [-0.2, -0.15) is 0 Å². The lowest BCUT2D eigenvalue weighted by atomic mass is 10.0. The molecule has 3 aromatic heterocycles. The van der Waals surface area contributed by atoms with Gasteiger partial charge >= 0.3 is 5.69 Å². The van der Waals surface area contributed by atoms with Gasteiger partial charge in [-0.3, -0.25) is 14.2 Å². The van der Waals surface area contributed by atoms with Crippen LogP contribution in [-0.2, 0) is 25.4 Å². The van der Waals surface area contributed by atoms with Crippen LogP contribution in [0.15, 0.2) is 40.2 Å². The van der Waals surface area contributed by atoms with Crippen LogP contribution >= 0.6 is 0 Å². The van der Waals surface area contributed by atoms with Crippen LogP contribution in [0, 0.1) is 5.92 Å². The van der Waals surface area contributed by atoms with Crippen molar-refractivity contribution in [2.24, 2.45) is 20.0 Å². The molecule has 0 aliphatic heterocycles. The zero-order valence-corrected chi connectivity index (χ0v) is 17.2. The van der Waals surface area contributed by atoms with Gasteiger partial charge in [-0.15, -0.1) is 0 Å². The minimum atomic E-state index is -0.591. The highest BCUT2D eigenvalue weighted by Crippen LogP contribution is 2.22. The van der Waals surface area contributed by atoms with Crippen LogP contribution in [0.4, 0.5) is 0 Å². The lowest BCUT2D eigenvalue weighted by Gasteiger charge is -2.20. The Morgan fingerprint density at radius 1 is 1.20 bits per heavy atom. The first-order valence-electron chi connectivity index (χ1n) is 9.62. The van der Waals surface area contributed by atoms with E-state index in [0.29, 0.717) is 5.82 Å². The molecule has 0 radical (unpaired) electrons. The predicted octanol–water partition coefficient (Wildman–Crippen LogP) is 0.824. The third-order valence-electron chi connectivity index (χ3n) is 5.19. The van der Waals surface area contributed by atoms with Gasteiger partial charge in [0.2, 0.25) is 5.91 Å². The van der Waals surface area contributed by atoms with Gasteiger partial charge in [-0.05, 0) is 18.1 Å². The summed E-state index contributed by atoms with van der Waals surface area (Å²) >= 11 is 0. The number of imidazole rings is 2. The minimum Gasteiger partial charge on any atom is -0.344 e. The van der Waals surface area contributed by atoms with Gasteiger partial charge in [0.1, 0.15) is 12.4 Å². The molecule has 4 aromatic rings. The van der Waals surface area contributed by atoms with Crippen molar-refractivity contribution in [3.63, 3.8) is 0 Å². The zero-order valence-electron chi connectivity index (χ0n) is 17.2. The number of fused-ring (bicyclic) bond motifs is 2. The van der Waals surface area contributed by atoms with Crippen LogP contribution in [0.2, 0.25) is 0 Å². The topological polar surface area (TPSA) is 120 Å². The number of aryl methyl sites for hydroxylation is 2. The van der Waals surface area contributed by atoms with E-state index in [1.54, 1.807) is 7.05 Å². The van der Waals surface area contributed by atoms with E-state index in [0.717, 1.165) is 15.6 Å². The zero-order chi connectivity index (χ0) is 21.6. The SMILES string of the molecule is CC(C)C(NC(=O)Cn1c(=O)c2c(ncn2C)n(C)c1=O)c1nc2ccccc2[nH]1. The van der Waals surface area contributed by atoms with E-state index in [1.165, 1.54) is 22.5 Å². The van der Waals surface area contributed by atoms with Gasteiger partial charge in [0.25, 0.3) is 5.56 Å². The molecule has 0 fully saturated rings. The van der Waals surface area contributed by atoms with Gasteiger partial charge in [0.05, 0.1) is 23.4 Å². The Morgan fingerprint density at radius 3 is 2.63 bits per heavy atom. The number of benzene rings is 1. The van der Waals surface area contributed by atoms with Gasteiger partial charge in [-0.1, -0.05) is 26.0 Å². The molecule has 156 valence electrons. The average Bonchev–Trinajstić information content (AvgIpc) is 3.31. The molecule has 1 unspecified atom stereocenters. The number of para-hydroxylation sites is 2. The molecule has 10 heteroatoms. The molecule has 1 atom stereocenters. The average molecular weight is 409 g/mol. The number of carbonyl (C=O) groups excluding carboxylic acids is 1. The van der Waals surface area contributed by atoms with Crippen LogP contribution in [0.3, 0.4) is 0 Å². The number of aromatic nitrogens is 6. The predicted molar refractivity (Wildman–Crippen MR) is 112 cm³/mol. The van der Waals surface area contributed by atoms with E-state index < -0.39 is 29.7 Å². The molecule has 0 spiro atoms. The maximum Gasteiger partial charge on any atom is 0.332 e. The molecule has 10 nitrogen and oxygen atoms in total. The van der Waals surface area contributed by atoms with E-state index in [-0.39, 0.29) is 17.1 Å².